The van der Waals surface area contributed by atoms with E-state index in [1.54, 1.807) is 6.20 Å². The number of carbonyl (C=O) groups is 3. The number of carboxylic acid groups (broad SMARTS) is 1. The van der Waals surface area contributed by atoms with Crippen molar-refractivity contribution in [1.29, 1.82) is 0 Å². The van der Waals surface area contributed by atoms with Crippen molar-refractivity contribution in [2.45, 2.75) is 18.4 Å². The van der Waals surface area contributed by atoms with Gasteiger partial charge >= 0.3 is 12.1 Å². The van der Waals surface area contributed by atoms with E-state index in [9.17, 15) is 19.5 Å². The van der Waals surface area contributed by atoms with Gasteiger partial charge in [0.2, 0.25) is 5.91 Å². The first-order valence-electron chi connectivity index (χ1n) is 11.7. The standard InChI is InChI=1S/C28H25N3O5/c32-26(31-25(27(33)34)13-17-14-29-24-12-6-5-7-18(17)24)15-30-28(35)36-16-23-21-10-3-1-8-19(21)20-9-2-4-11-22(20)23/h1-12,14,23,25,29H,13,15-16H2,(H,30,35)(H,31,32)(H,33,34)/t25-/m1/s1. The number of rotatable bonds is 8. The molecule has 1 aliphatic rings. The van der Waals surface area contributed by atoms with Crippen molar-refractivity contribution in [3.8, 4) is 11.1 Å². The van der Waals surface area contributed by atoms with Crippen molar-refractivity contribution in [3.63, 3.8) is 0 Å². The summed E-state index contributed by atoms with van der Waals surface area (Å²) < 4.78 is 5.43. The summed E-state index contributed by atoms with van der Waals surface area (Å²) in [6.45, 7) is -0.270. The molecule has 8 heteroatoms. The van der Waals surface area contributed by atoms with E-state index in [-0.39, 0.29) is 18.9 Å². The summed E-state index contributed by atoms with van der Waals surface area (Å²) >= 11 is 0. The van der Waals surface area contributed by atoms with Gasteiger partial charge < -0.3 is 25.5 Å². The smallest absolute Gasteiger partial charge is 0.407 e. The minimum atomic E-state index is -1.16. The number of nitrogens with one attached hydrogen (secondary N) is 3. The number of aromatic nitrogens is 1. The average Bonchev–Trinajstić information content (AvgIpc) is 3.45. The van der Waals surface area contributed by atoms with Crippen molar-refractivity contribution in [2.75, 3.05) is 13.2 Å². The molecular formula is C28H25N3O5. The maximum atomic E-state index is 12.4. The molecule has 4 N–H and O–H groups in total. The Hall–Kier alpha value is -4.59. The average molecular weight is 484 g/mol. The fourth-order valence-corrected chi connectivity index (χ4v) is 4.77. The number of hydrogen-bond acceptors (Lipinski definition) is 4. The zero-order chi connectivity index (χ0) is 25.1. The van der Waals surface area contributed by atoms with Crippen LogP contribution in [0.5, 0.6) is 0 Å². The first-order valence-corrected chi connectivity index (χ1v) is 11.7. The van der Waals surface area contributed by atoms with Crippen LogP contribution in [0.1, 0.15) is 22.6 Å². The van der Waals surface area contributed by atoms with Crippen LogP contribution in [0, 0.1) is 0 Å². The molecule has 1 aromatic heterocycles. The molecule has 4 aromatic rings. The predicted molar refractivity (Wildman–Crippen MR) is 135 cm³/mol. The molecule has 0 radical (unpaired) electrons. The first-order chi connectivity index (χ1) is 17.5. The first kappa shape index (κ1) is 23.2. The maximum absolute atomic E-state index is 12.4. The largest absolute Gasteiger partial charge is 0.480 e. The number of amides is 2. The lowest BCUT2D eigenvalue weighted by molar-refractivity contribution is -0.141. The summed E-state index contributed by atoms with van der Waals surface area (Å²) in [5.41, 5.74) is 6.09. The minimum absolute atomic E-state index is 0.0930. The Balaban J connectivity index is 1.15. The molecule has 8 nitrogen and oxygen atoms in total. The molecular weight excluding hydrogens is 458 g/mol. The van der Waals surface area contributed by atoms with Gasteiger partial charge in [0, 0.05) is 29.4 Å². The van der Waals surface area contributed by atoms with Gasteiger partial charge in [0.25, 0.3) is 0 Å². The molecule has 3 aromatic carbocycles. The zero-order valence-electron chi connectivity index (χ0n) is 19.4. The molecule has 0 spiro atoms. The summed E-state index contributed by atoms with van der Waals surface area (Å²) in [5, 5.41) is 15.4. The number of alkyl carbamates (subject to hydrolysis) is 1. The second-order valence-electron chi connectivity index (χ2n) is 8.70. The van der Waals surface area contributed by atoms with Crippen LogP contribution < -0.4 is 10.6 Å². The second-order valence-corrected chi connectivity index (χ2v) is 8.70. The monoisotopic (exact) mass is 483 g/mol. The number of hydrogen-bond donors (Lipinski definition) is 4. The lowest BCUT2D eigenvalue weighted by Gasteiger charge is -2.16. The van der Waals surface area contributed by atoms with Gasteiger partial charge in [-0.2, -0.15) is 0 Å². The molecule has 0 saturated heterocycles. The summed E-state index contributed by atoms with van der Waals surface area (Å²) in [7, 11) is 0. The second kappa shape index (κ2) is 9.95. The van der Waals surface area contributed by atoms with Gasteiger partial charge in [-0.1, -0.05) is 66.7 Å². The van der Waals surface area contributed by atoms with E-state index in [1.807, 2.05) is 72.8 Å². The Morgan fingerprint density at radius 2 is 1.56 bits per heavy atom. The van der Waals surface area contributed by atoms with Gasteiger partial charge in [-0.3, -0.25) is 4.79 Å². The van der Waals surface area contributed by atoms with E-state index in [2.05, 4.69) is 15.6 Å². The molecule has 5 rings (SSSR count). The number of H-pyrrole nitrogens is 1. The molecule has 0 fully saturated rings. The van der Waals surface area contributed by atoms with E-state index in [0.717, 1.165) is 38.7 Å². The third-order valence-corrected chi connectivity index (χ3v) is 6.47. The molecule has 1 aliphatic carbocycles. The molecule has 1 atom stereocenters. The van der Waals surface area contributed by atoms with Gasteiger partial charge in [-0.15, -0.1) is 0 Å². The van der Waals surface area contributed by atoms with Crippen LogP contribution in [0.15, 0.2) is 79.0 Å². The number of carboxylic acids is 1. The maximum Gasteiger partial charge on any atom is 0.407 e. The van der Waals surface area contributed by atoms with E-state index in [1.165, 1.54) is 0 Å². The number of aliphatic carboxylic acids is 1. The lowest BCUT2D eigenvalue weighted by atomic mass is 9.98. The number of ether oxygens (including phenoxy) is 1. The van der Waals surface area contributed by atoms with Crippen LogP contribution >= 0.6 is 0 Å². The number of carbonyl (C=O) groups excluding carboxylic acids is 2. The van der Waals surface area contributed by atoms with E-state index in [0.29, 0.717) is 0 Å². The Labute approximate surface area is 207 Å². The molecule has 36 heavy (non-hydrogen) atoms. The van der Waals surface area contributed by atoms with Crippen molar-refractivity contribution in [2.24, 2.45) is 0 Å². The Morgan fingerprint density at radius 3 is 2.25 bits per heavy atom. The van der Waals surface area contributed by atoms with Gasteiger partial charge in [0.1, 0.15) is 19.2 Å². The van der Waals surface area contributed by atoms with E-state index < -0.39 is 30.6 Å². The Kier molecular flexibility index (Phi) is 6.40. The van der Waals surface area contributed by atoms with E-state index in [4.69, 9.17) is 4.74 Å². The summed E-state index contributed by atoms with van der Waals surface area (Å²) in [4.78, 5) is 39.6. The highest BCUT2D eigenvalue weighted by atomic mass is 16.5. The molecule has 0 bridgehead atoms. The Bertz CT molecular complexity index is 1400. The zero-order valence-corrected chi connectivity index (χ0v) is 19.4. The van der Waals surface area contributed by atoms with Crippen molar-refractivity contribution in [1.82, 2.24) is 15.6 Å². The van der Waals surface area contributed by atoms with Crippen molar-refractivity contribution < 1.29 is 24.2 Å². The highest BCUT2D eigenvalue weighted by molar-refractivity contribution is 5.88. The molecule has 0 unspecified atom stereocenters. The topological polar surface area (TPSA) is 121 Å². The number of benzene rings is 3. The minimum Gasteiger partial charge on any atom is -0.480 e. The number of para-hydroxylation sites is 1. The van der Waals surface area contributed by atoms with Gasteiger partial charge in [0.15, 0.2) is 0 Å². The van der Waals surface area contributed by atoms with Crippen LogP contribution in [0.25, 0.3) is 22.0 Å². The molecule has 2 amide bonds. The molecule has 0 aliphatic heterocycles. The SMILES string of the molecule is O=C(CNC(=O)OCC1c2ccccc2-c2ccccc21)N[C@H](Cc1c[nH]c2ccccc12)C(=O)O. The molecule has 1 heterocycles. The Morgan fingerprint density at radius 1 is 0.917 bits per heavy atom. The van der Waals surface area contributed by atoms with E-state index >= 15 is 0 Å². The predicted octanol–water partition coefficient (Wildman–Crippen LogP) is 3.82. The van der Waals surface area contributed by atoms with Crippen LogP contribution in [-0.2, 0) is 20.7 Å². The summed E-state index contributed by atoms with van der Waals surface area (Å²) in [5.74, 6) is -1.87. The summed E-state index contributed by atoms with van der Waals surface area (Å²) in [6, 6.07) is 22.4. The number of aromatic amines is 1. The highest BCUT2D eigenvalue weighted by Gasteiger charge is 2.29. The highest BCUT2D eigenvalue weighted by Crippen LogP contribution is 2.44. The van der Waals surface area contributed by atoms with Crippen LogP contribution in [0.2, 0.25) is 0 Å². The van der Waals surface area contributed by atoms with Crippen LogP contribution in [0.3, 0.4) is 0 Å². The van der Waals surface area contributed by atoms with Crippen LogP contribution in [-0.4, -0.2) is 47.3 Å². The van der Waals surface area contributed by atoms with Crippen molar-refractivity contribution in [3.05, 3.63) is 95.7 Å². The normalized spacial score (nSPS) is 13.0. The third kappa shape index (κ3) is 4.65. The molecule has 182 valence electrons. The molecule has 0 saturated carbocycles. The quantitative estimate of drug-likeness (QED) is 0.304. The van der Waals surface area contributed by atoms with Gasteiger partial charge in [-0.05, 0) is 33.9 Å². The fourth-order valence-electron chi connectivity index (χ4n) is 4.77. The lowest BCUT2D eigenvalue weighted by Crippen LogP contribution is -2.46. The van der Waals surface area contributed by atoms with Gasteiger partial charge in [-0.25, -0.2) is 9.59 Å². The van der Waals surface area contributed by atoms with Gasteiger partial charge in [0.05, 0.1) is 0 Å². The number of fused-ring (bicyclic) bond motifs is 4. The van der Waals surface area contributed by atoms with Crippen LogP contribution in [0.4, 0.5) is 4.79 Å². The summed E-state index contributed by atoms with van der Waals surface area (Å²) in [6.07, 6.45) is 1.10. The fraction of sp³-hybridized carbons (Fsp3) is 0.179. The van der Waals surface area contributed by atoms with Crippen molar-refractivity contribution >= 4 is 28.9 Å². The third-order valence-electron chi connectivity index (χ3n) is 6.47.